The first-order valence-electron chi connectivity index (χ1n) is 8.32. The topological polar surface area (TPSA) is 70.2 Å². The fourth-order valence-corrected chi connectivity index (χ4v) is 4.15. The second-order valence-corrected chi connectivity index (χ2v) is 9.01. The van der Waals surface area contributed by atoms with E-state index >= 15 is 0 Å². The minimum atomic E-state index is -2.91. The predicted octanol–water partition coefficient (Wildman–Crippen LogP) is -0.714. The van der Waals surface area contributed by atoms with Crippen LogP contribution in [0.15, 0.2) is 0 Å². The SMILES string of the molecule is CN(C)CCN(C[C@H]1CCCO1)C(=O)CN1CCS(=O)(=O)CC1. The van der Waals surface area contributed by atoms with Crippen molar-refractivity contribution in [3.8, 4) is 0 Å². The van der Waals surface area contributed by atoms with Crippen LogP contribution in [0.1, 0.15) is 12.8 Å². The lowest BCUT2D eigenvalue weighted by molar-refractivity contribution is -0.134. The van der Waals surface area contributed by atoms with Gasteiger partial charge in [0, 0.05) is 39.3 Å². The van der Waals surface area contributed by atoms with Crippen LogP contribution in [0.2, 0.25) is 0 Å². The van der Waals surface area contributed by atoms with Crippen molar-refractivity contribution in [3.05, 3.63) is 0 Å². The third-order valence-corrected chi connectivity index (χ3v) is 6.02. The second-order valence-electron chi connectivity index (χ2n) is 6.71. The number of rotatable bonds is 7. The van der Waals surface area contributed by atoms with Crippen LogP contribution in [0, 0.1) is 0 Å². The number of likely N-dealkylation sites (N-methyl/N-ethyl adjacent to an activating group) is 1. The molecule has 0 aromatic carbocycles. The molecule has 2 aliphatic heterocycles. The summed E-state index contributed by atoms with van der Waals surface area (Å²) in [6.07, 6.45) is 2.21. The Morgan fingerprint density at radius 2 is 1.91 bits per heavy atom. The predicted molar refractivity (Wildman–Crippen MR) is 89.2 cm³/mol. The summed E-state index contributed by atoms with van der Waals surface area (Å²) in [5.74, 6) is 0.384. The number of amides is 1. The highest BCUT2D eigenvalue weighted by Crippen LogP contribution is 2.14. The lowest BCUT2D eigenvalue weighted by atomic mass is 10.2. The van der Waals surface area contributed by atoms with Gasteiger partial charge >= 0.3 is 0 Å². The summed E-state index contributed by atoms with van der Waals surface area (Å²) in [7, 11) is 1.08. The summed E-state index contributed by atoms with van der Waals surface area (Å²) < 4.78 is 28.6. The average molecular weight is 347 g/mol. The molecule has 8 heteroatoms. The highest BCUT2D eigenvalue weighted by Gasteiger charge is 2.27. The smallest absolute Gasteiger partial charge is 0.236 e. The summed E-state index contributed by atoms with van der Waals surface area (Å²) >= 11 is 0. The van der Waals surface area contributed by atoms with Gasteiger partial charge in [0.05, 0.1) is 24.2 Å². The van der Waals surface area contributed by atoms with E-state index < -0.39 is 9.84 Å². The molecule has 0 radical (unpaired) electrons. The average Bonchev–Trinajstić information content (AvgIpc) is 2.98. The van der Waals surface area contributed by atoms with Crippen molar-refractivity contribution in [3.63, 3.8) is 0 Å². The van der Waals surface area contributed by atoms with Crippen molar-refractivity contribution in [1.82, 2.24) is 14.7 Å². The number of carbonyl (C=O) groups excluding carboxylic acids is 1. The molecule has 2 aliphatic rings. The Bertz CT molecular complexity index is 475. The van der Waals surface area contributed by atoms with Crippen molar-refractivity contribution in [2.45, 2.75) is 18.9 Å². The van der Waals surface area contributed by atoms with E-state index in [0.717, 1.165) is 26.0 Å². The van der Waals surface area contributed by atoms with E-state index in [1.165, 1.54) is 0 Å². The lowest BCUT2D eigenvalue weighted by Gasteiger charge is -2.31. The summed E-state index contributed by atoms with van der Waals surface area (Å²) in [4.78, 5) is 18.5. The van der Waals surface area contributed by atoms with Crippen LogP contribution < -0.4 is 0 Å². The van der Waals surface area contributed by atoms with E-state index in [1.54, 1.807) is 0 Å². The molecule has 0 spiro atoms. The van der Waals surface area contributed by atoms with Crippen molar-refractivity contribution < 1.29 is 17.9 Å². The first-order valence-corrected chi connectivity index (χ1v) is 10.1. The zero-order chi connectivity index (χ0) is 16.9. The van der Waals surface area contributed by atoms with Gasteiger partial charge in [-0.1, -0.05) is 0 Å². The zero-order valence-electron chi connectivity index (χ0n) is 14.2. The summed E-state index contributed by atoms with van der Waals surface area (Å²) in [6, 6.07) is 0. The fourth-order valence-electron chi connectivity index (χ4n) is 2.87. The maximum absolute atomic E-state index is 12.6. The van der Waals surface area contributed by atoms with Crippen LogP contribution in [0.4, 0.5) is 0 Å². The van der Waals surface area contributed by atoms with Crippen molar-refractivity contribution in [2.75, 3.05) is 71.5 Å². The van der Waals surface area contributed by atoms with E-state index in [-0.39, 0.29) is 23.5 Å². The minimum absolute atomic E-state index is 0.0710. The Balaban J connectivity index is 1.86. The van der Waals surface area contributed by atoms with Gasteiger partial charge in [-0.2, -0.15) is 0 Å². The molecule has 0 saturated carbocycles. The van der Waals surface area contributed by atoms with Crippen molar-refractivity contribution in [1.29, 1.82) is 0 Å². The first kappa shape index (κ1) is 18.6. The molecule has 0 aromatic heterocycles. The Hall–Kier alpha value is -0.700. The van der Waals surface area contributed by atoms with Gasteiger partial charge in [-0.3, -0.25) is 9.69 Å². The molecule has 0 aliphatic carbocycles. The molecular weight excluding hydrogens is 318 g/mol. The molecule has 0 N–H and O–H groups in total. The number of sulfone groups is 1. The van der Waals surface area contributed by atoms with Crippen LogP contribution in [-0.2, 0) is 19.4 Å². The zero-order valence-corrected chi connectivity index (χ0v) is 15.1. The molecule has 0 unspecified atom stereocenters. The van der Waals surface area contributed by atoms with Crippen LogP contribution in [0.5, 0.6) is 0 Å². The van der Waals surface area contributed by atoms with Gasteiger partial charge in [0.1, 0.15) is 0 Å². The largest absolute Gasteiger partial charge is 0.376 e. The van der Waals surface area contributed by atoms with Gasteiger partial charge in [-0.05, 0) is 26.9 Å². The van der Waals surface area contributed by atoms with Crippen LogP contribution >= 0.6 is 0 Å². The monoisotopic (exact) mass is 347 g/mol. The fraction of sp³-hybridized carbons (Fsp3) is 0.933. The Morgan fingerprint density at radius 1 is 1.22 bits per heavy atom. The van der Waals surface area contributed by atoms with Crippen molar-refractivity contribution >= 4 is 15.7 Å². The molecule has 134 valence electrons. The molecule has 1 atom stereocenters. The van der Waals surface area contributed by atoms with E-state index in [0.29, 0.717) is 32.7 Å². The van der Waals surface area contributed by atoms with E-state index in [9.17, 15) is 13.2 Å². The first-order chi connectivity index (χ1) is 10.9. The quantitative estimate of drug-likeness (QED) is 0.606. The highest BCUT2D eigenvalue weighted by molar-refractivity contribution is 7.91. The number of hydrogen-bond donors (Lipinski definition) is 0. The molecular formula is C15H29N3O4S. The van der Waals surface area contributed by atoms with Crippen LogP contribution in [-0.4, -0.2) is 107 Å². The summed E-state index contributed by atoms with van der Waals surface area (Å²) in [5.41, 5.74) is 0. The third kappa shape index (κ3) is 6.37. The van der Waals surface area contributed by atoms with Gasteiger partial charge in [0.15, 0.2) is 9.84 Å². The van der Waals surface area contributed by atoms with Gasteiger partial charge < -0.3 is 14.5 Å². The van der Waals surface area contributed by atoms with E-state index in [4.69, 9.17) is 4.74 Å². The summed E-state index contributed by atoms with van der Waals surface area (Å²) in [5, 5.41) is 0. The Labute approximate surface area is 139 Å². The molecule has 2 rings (SSSR count). The maximum Gasteiger partial charge on any atom is 0.236 e. The molecule has 23 heavy (non-hydrogen) atoms. The maximum atomic E-state index is 12.6. The minimum Gasteiger partial charge on any atom is -0.376 e. The van der Waals surface area contributed by atoms with Gasteiger partial charge in [0.25, 0.3) is 0 Å². The molecule has 1 amide bonds. The molecule has 0 bridgehead atoms. The van der Waals surface area contributed by atoms with Crippen molar-refractivity contribution in [2.24, 2.45) is 0 Å². The number of carbonyl (C=O) groups is 1. The molecule has 2 saturated heterocycles. The van der Waals surface area contributed by atoms with Gasteiger partial charge in [-0.25, -0.2) is 8.42 Å². The second kappa shape index (κ2) is 8.41. The van der Waals surface area contributed by atoms with Crippen LogP contribution in [0.3, 0.4) is 0 Å². The van der Waals surface area contributed by atoms with Crippen LogP contribution in [0.25, 0.3) is 0 Å². The highest BCUT2D eigenvalue weighted by atomic mass is 32.2. The van der Waals surface area contributed by atoms with Gasteiger partial charge in [0.2, 0.25) is 5.91 Å². The van der Waals surface area contributed by atoms with Gasteiger partial charge in [-0.15, -0.1) is 0 Å². The van der Waals surface area contributed by atoms with E-state index in [1.807, 2.05) is 23.9 Å². The number of nitrogens with zero attached hydrogens (tertiary/aromatic N) is 3. The lowest BCUT2D eigenvalue weighted by Crippen LogP contribution is -2.49. The Morgan fingerprint density at radius 3 is 2.48 bits per heavy atom. The third-order valence-electron chi connectivity index (χ3n) is 4.41. The molecule has 2 heterocycles. The molecule has 7 nitrogen and oxygen atoms in total. The molecule has 0 aromatic rings. The number of hydrogen-bond acceptors (Lipinski definition) is 6. The molecule has 2 fully saturated rings. The standard InChI is InChI=1S/C15H29N3O4S/c1-16(2)5-6-18(12-14-4-3-9-22-14)15(19)13-17-7-10-23(20,21)11-8-17/h14H,3-13H2,1-2H3/t14-/m1/s1. The van der Waals surface area contributed by atoms with E-state index in [2.05, 4.69) is 4.90 Å². The number of ether oxygens (including phenoxy) is 1. The summed E-state index contributed by atoms with van der Waals surface area (Å²) in [6.45, 7) is 4.12. The normalized spacial score (nSPS) is 24.9. The Kier molecular flexibility index (Phi) is 6.82.